The summed E-state index contributed by atoms with van der Waals surface area (Å²) < 4.78 is 11.9. The van der Waals surface area contributed by atoms with Crippen molar-refractivity contribution in [3.63, 3.8) is 0 Å². The molecule has 1 aliphatic carbocycles. The Kier molecular flexibility index (Phi) is 3.54. The summed E-state index contributed by atoms with van der Waals surface area (Å²) in [6.45, 7) is 2.88. The van der Waals surface area contributed by atoms with Gasteiger partial charge in [0, 0.05) is 23.2 Å². The first-order valence-electron chi connectivity index (χ1n) is 5.45. The van der Waals surface area contributed by atoms with Crippen LogP contribution < -0.4 is 5.32 Å². The van der Waals surface area contributed by atoms with E-state index in [1.807, 2.05) is 31.2 Å². The van der Waals surface area contributed by atoms with Gasteiger partial charge in [-0.3, -0.25) is 4.21 Å². The Morgan fingerprint density at radius 1 is 1.40 bits per heavy atom. The average molecular weight is 223 g/mol. The van der Waals surface area contributed by atoms with Gasteiger partial charge in [-0.1, -0.05) is 18.2 Å². The van der Waals surface area contributed by atoms with E-state index in [0.29, 0.717) is 6.04 Å². The van der Waals surface area contributed by atoms with Crippen LogP contribution in [0.15, 0.2) is 29.2 Å². The molecule has 1 unspecified atom stereocenters. The molecule has 2 rings (SSSR count). The second-order valence-electron chi connectivity index (χ2n) is 4.04. The molecule has 2 nitrogen and oxygen atoms in total. The van der Waals surface area contributed by atoms with E-state index in [1.54, 1.807) is 0 Å². The maximum absolute atomic E-state index is 11.9. The summed E-state index contributed by atoms with van der Waals surface area (Å²) in [5.41, 5.74) is 1.13. The molecule has 0 amide bonds. The predicted molar refractivity (Wildman–Crippen MR) is 63.5 cm³/mol. The average Bonchev–Trinajstić information content (AvgIpc) is 3.02. The van der Waals surface area contributed by atoms with E-state index in [4.69, 9.17) is 0 Å². The Hall–Kier alpha value is -0.670. The maximum Gasteiger partial charge on any atom is 0.0545 e. The summed E-state index contributed by atoms with van der Waals surface area (Å²) in [5.74, 6) is 0.724. The van der Waals surface area contributed by atoms with Crippen LogP contribution in [-0.4, -0.2) is 22.5 Å². The highest BCUT2D eigenvalue weighted by Crippen LogP contribution is 2.18. The Balaban J connectivity index is 1.86. The van der Waals surface area contributed by atoms with Crippen LogP contribution in [0.4, 0.5) is 0 Å². The van der Waals surface area contributed by atoms with E-state index < -0.39 is 10.8 Å². The van der Waals surface area contributed by atoms with Crippen molar-refractivity contribution in [2.75, 3.05) is 12.3 Å². The highest BCUT2D eigenvalue weighted by molar-refractivity contribution is 7.85. The van der Waals surface area contributed by atoms with Gasteiger partial charge in [0.25, 0.3) is 0 Å². The van der Waals surface area contributed by atoms with E-state index in [1.165, 1.54) is 12.8 Å². The summed E-state index contributed by atoms with van der Waals surface area (Å²) in [6.07, 6.45) is 2.58. The topological polar surface area (TPSA) is 29.1 Å². The highest BCUT2D eigenvalue weighted by Gasteiger charge is 2.20. The first-order chi connectivity index (χ1) is 7.27. The third-order valence-electron chi connectivity index (χ3n) is 2.64. The highest BCUT2D eigenvalue weighted by atomic mass is 32.2. The fraction of sp³-hybridized carbons (Fsp3) is 0.500. The summed E-state index contributed by atoms with van der Waals surface area (Å²) in [5, 5.41) is 3.38. The third kappa shape index (κ3) is 3.14. The standard InChI is InChI=1S/C12H17NOS/c1-10-4-2-3-5-12(10)15(14)9-8-13-11-6-7-11/h2-5,11,13H,6-9H2,1H3. The van der Waals surface area contributed by atoms with Crippen molar-refractivity contribution in [1.29, 1.82) is 0 Å². The molecule has 0 bridgehead atoms. The zero-order valence-electron chi connectivity index (χ0n) is 9.03. The number of aryl methyl sites for hydroxylation is 1. The number of nitrogens with one attached hydrogen (secondary N) is 1. The minimum Gasteiger partial charge on any atom is -0.313 e. The molecular weight excluding hydrogens is 206 g/mol. The molecule has 1 aromatic rings. The zero-order chi connectivity index (χ0) is 10.7. The smallest absolute Gasteiger partial charge is 0.0545 e. The van der Waals surface area contributed by atoms with Crippen molar-refractivity contribution < 1.29 is 4.21 Å². The molecule has 0 heterocycles. The molecule has 1 aromatic carbocycles. The van der Waals surface area contributed by atoms with Gasteiger partial charge in [0.2, 0.25) is 0 Å². The van der Waals surface area contributed by atoms with E-state index >= 15 is 0 Å². The summed E-state index contributed by atoms with van der Waals surface area (Å²) >= 11 is 0. The normalized spacial score (nSPS) is 17.7. The first kappa shape index (κ1) is 10.8. The van der Waals surface area contributed by atoms with Crippen LogP contribution >= 0.6 is 0 Å². The van der Waals surface area contributed by atoms with Crippen molar-refractivity contribution in [3.8, 4) is 0 Å². The van der Waals surface area contributed by atoms with Gasteiger partial charge in [-0.2, -0.15) is 0 Å². The lowest BCUT2D eigenvalue weighted by atomic mass is 10.2. The first-order valence-corrected chi connectivity index (χ1v) is 6.76. The molecule has 1 saturated carbocycles. The lowest BCUT2D eigenvalue weighted by Gasteiger charge is -2.06. The Morgan fingerprint density at radius 3 is 2.80 bits per heavy atom. The zero-order valence-corrected chi connectivity index (χ0v) is 9.85. The van der Waals surface area contributed by atoms with Crippen LogP contribution in [0.1, 0.15) is 18.4 Å². The lowest BCUT2D eigenvalue weighted by molar-refractivity contribution is 0.672. The molecule has 1 fully saturated rings. The van der Waals surface area contributed by atoms with Crippen LogP contribution in [0.5, 0.6) is 0 Å². The molecule has 3 heteroatoms. The van der Waals surface area contributed by atoms with Gasteiger partial charge < -0.3 is 5.32 Å². The van der Waals surface area contributed by atoms with E-state index in [9.17, 15) is 4.21 Å². The van der Waals surface area contributed by atoms with Crippen molar-refractivity contribution >= 4 is 10.8 Å². The molecule has 0 radical (unpaired) electrons. The van der Waals surface area contributed by atoms with Gasteiger partial charge >= 0.3 is 0 Å². The van der Waals surface area contributed by atoms with E-state index in [0.717, 1.165) is 22.8 Å². The second kappa shape index (κ2) is 4.90. The number of benzene rings is 1. The minimum absolute atomic E-state index is 0.707. The lowest BCUT2D eigenvalue weighted by Crippen LogP contribution is -2.22. The molecule has 15 heavy (non-hydrogen) atoms. The second-order valence-corrected chi connectivity index (χ2v) is 5.58. The van der Waals surface area contributed by atoms with Gasteiger partial charge in [-0.05, 0) is 31.4 Å². The van der Waals surface area contributed by atoms with Gasteiger partial charge in [0.1, 0.15) is 0 Å². The molecule has 1 atom stereocenters. The number of hydrogen-bond acceptors (Lipinski definition) is 2. The fourth-order valence-corrected chi connectivity index (χ4v) is 2.75. The van der Waals surface area contributed by atoms with Crippen molar-refractivity contribution in [1.82, 2.24) is 5.32 Å². The monoisotopic (exact) mass is 223 g/mol. The maximum atomic E-state index is 11.9. The van der Waals surface area contributed by atoms with E-state index in [-0.39, 0.29) is 0 Å². The Bertz CT molecular complexity index is 360. The SMILES string of the molecule is Cc1ccccc1S(=O)CCNC1CC1. The largest absolute Gasteiger partial charge is 0.313 e. The fourth-order valence-electron chi connectivity index (χ4n) is 1.57. The Morgan fingerprint density at radius 2 is 2.13 bits per heavy atom. The molecule has 82 valence electrons. The molecule has 0 saturated heterocycles. The predicted octanol–water partition coefficient (Wildman–Crippen LogP) is 1.85. The molecule has 1 aliphatic rings. The van der Waals surface area contributed by atoms with Gasteiger partial charge in [-0.15, -0.1) is 0 Å². The molecule has 0 aromatic heterocycles. The van der Waals surface area contributed by atoms with Crippen molar-refractivity contribution in [3.05, 3.63) is 29.8 Å². The summed E-state index contributed by atoms with van der Waals surface area (Å²) in [6, 6.07) is 8.62. The van der Waals surface area contributed by atoms with E-state index in [2.05, 4.69) is 5.32 Å². The van der Waals surface area contributed by atoms with Crippen LogP contribution in [0.2, 0.25) is 0 Å². The number of hydrogen-bond donors (Lipinski definition) is 1. The van der Waals surface area contributed by atoms with Gasteiger partial charge in [0.05, 0.1) is 10.8 Å². The molecular formula is C12H17NOS. The number of rotatable bonds is 5. The van der Waals surface area contributed by atoms with Crippen molar-refractivity contribution in [2.45, 2.75) is 30.7 Å². The molecule has 0 aliphatic heterocycles. The van der Waals surface area contributed by atoms with Crippen LogP contribution in [0.3, 0.4) is 0 Å². The van der Waals surface area contributed by atoms with Gasteiger partial charge in [-0.25, -0.2) is 0 Å². The third-order valence-corrected chi connectivity index (χ3v) is 4.16. The van der Waals surface area contributed by atoms with Crippen LogP contribution in [0, 0.1) is 6.92 Å². The minimum atomic E-state index is -0.846. The van der Waals surface area contributed by atoms with Crippen molar-refractivity contribution in [2.24, 2.45) is 0 Å². The molecule has 0 spiro atoms. The summed E-state index contributed by atoms with van der Waals surface area (Å²) in [7, 11) is -0.846. The quantitative estimate of drug-likeness (QED) is 0.825. The summed E-state index contributed by atoms with van der Waals surface area (Å²) in [4.78, 5) is 0.982. The van der Waals surface area contributed by atoms with Gasteiger partial charge in [0.15, 0.2) is 0 Å². The Labute approximate surface area is 93.5 Å². The molecule has 1 N–H and O–H groups in total. The van der Waals surface area contributed by atoms with Crippen LogP contribution in [-0.2, 0) is 10.8 Å². The van der Waals surface area contributed by atoms with Crippen LogP contribution in [0.25, 0.3) is 0 Å².